The van der Waals surface area contributed by atoms with Crippen LogP contribution in [0.5, 0.6) is 11.5 Å². The Morgan fingerprint density at radius 1 is 1.06 bits per heavy atom. The van der Waals surface area contributed by atoms with Crippen LogP contribution in [0.4, 0.5) is 0 Å². The number of hydrazone groups is 1. The lowest BCUT2D eigenvalue weighted by atomic mass is 10.0. The Labute approximate surface area is 183 Å². The van der Waals surface area contributed by atoms with Crippen LogP contribution in [0.2, 0.25) is 0 Å². The third kappa shape index (κ3) is 8.50. The number of hydrogen-bond acceptors (Lipinski definition) is 5. The summed E-state index contributed by atoms with van der Waals surface area (Å²) in [4.78, 5) is 24.9. The van der Waals surface area contributed by atoms with Crippen molar-refractivity contribution in [3.05, 3.63) is 59.7 Å². The van der Waals surface area contributed by atoms with Crippen molar-refractivity contribution < 1.29 is 19.1 Å². The average Bonchev–Trinajstić information content (AvgIpc) is 2.74. The first-order chi connectivity index (χ1) is 14.9. The first kappa shape index (κ1) is 23.9. The van der Waals surface area contributed by atoms with E-state index in [2.05, 4.69) is 15.8 Å². The molecule has 7 nitrogen and oxygen atoms in total. The Hall–Kier alpha value is -3.35. The molecule has 0 unspecified atom stereocenters. The van der Waals surface area contributed by atoms with E-state index >= 15 is 0 Å². The summed E-state index contributed by atoms with van der Waals surface area (Å²) in [6.45, 7) is 8.24. The summed E-state index contributed by atoms with van der Waals surface area (Å²) in [5, 5.41) is 6.75. The highest BCUT2D eigenvalue weighted by atomic mass is 16.5. The van der Waals surface area contributed by atoms with Crippen molar-refractivity contribution in [3.8, 4) is 11.5 Å². The van der Waals surface area contributed by atoms with Crippen molar-refractivity contribution in [2.45, 2.75) is 40.2 Å². The second kappa shape index (κ2) is 12.4. The molecule has 166 valence electrons. The molecule has 7 heteroatoms. The van der Waals surface area contributed by atoms with E-state index < -0.39 is 6.04 Å². The van der Waals surface area contributed by atoms with E-state index in [-0.39, 0.29) is 24.3 Å². The van der Waals surface area contributed by atoms with Gasteiger partial charge in [0.25, 0.3) is 11.8 Å². The number of benzene rings is 2. The molecule has 0 bridgehead atoms. The predicted octanol–water partition coefficient (Wildman–Crippen LogP) is 3.45. The topological polar surface area (TPSA) is 89.0 Å². The zero-order valence-corrected chi connectivity index (χ0v) is 18.6. The third-order valence-corrected chi connectivity index (χ3v) is 4.39. The Kier molecular flexibility index (Phi) is 9.55. The molecule has 2 amide bonds. The van der Waals surface area contributed by atoms with Crippen molar-refractivity contribution in [2.75, 3.05) is 13.2 Å². The SMILES string of the molecule is CCOc1ccc(/C=N\NC(=O)[C@H](CC(C)C)NC(=O)COc2ccccc2C)cc1. The smallest absolute Gasteiger partial charge is 0.262 e. The quantitative estimate of drug-likeness (QED) is 0.426. The highest BCUT2D eigenvalue weighted by Crippen LogP contribution is 2.16. The van der Waals surface area contributed by atoms with E-state index in [0.29, 0.717) is 18.8 Å². The van der Waals surface area contributed by atoms with Gasteiger partial charge in [0.05, 0.1) is 12.8 Å². The molecule has 1 atom stereocenters. The molecule has 0 saturated carbocycles. The maximum Gasteiger partial charge on any atom is 0.262 e. The predicted molar refractivity (Wildman–Crippen MR) is 121 cm³/mol. The van der Waals surface area contributed by atoms with E-state index in [9.17, 15) is 9.59 Å². The number of nitrogens with zero attached hydrogens (tertiary/aromatic N) is 1. The van der Waals surface area contributed by atoms with Gasteiger partial charge >= 0.3 is 0 Å². The lowest BCUT2D eigenvalue weighted by Crippen LogP contribution is -2.47. The summed E-state index contributed by atoms with van der Waals surface area (Å²) >= 11 is 0. The van der Waals surface area contributed by atoms with Crippen LogP contribution in [-0.2, 0) is 9.59 Å². The standard InChI is InChI=1S/C24H31N3O4/c1-5-30-20-12-10-19(11-13-20)15-25-27-24(29)21(14-17(2)3)26-23(28)16-31-22-9-7-6-8-18(22)4/h6-13,15,17,21H,5,14,16H2,1-4H3,(H,26,28)(H,27,29)/b25-15-/t21-/m0/s1. The molecule has 0 saturated heterocycles. The van der Waals surface area contributed by atoms with Crippen molar-refractivity contribution in [2.24, 2.45) is 11.0 Å². The van der Waals surface area contributed by atoms with Crippen LogP contribution in [-0.4, -0.2) is 37.3 Å². The van der Waals surface area contributed by atoms with E-state index in [1.807, 2.05) is 70.2 Å². The maximum atomic E-state index is 12.6. The molecule has 0 spiro atoms. The largest absolute Gasteiger partial charge is 0.494 e. The van der Waals surface area contributed by atoms with Gasteiger partial charge in [-0.05, 0) is 67.6 Å². The second-order valence-electron chi connectivity index (χ2n) is 7.54. The molecule has 2 aromatic carbocycles. The summed E-state index contributed by atoms with van der Waals surface area (Å²) < 4.78 is 11.0. The number of nitrogens with one attached hydrogen (secondary N) is 2. The van der Waals surface area contributed by atoms with Gasteiger partial charge in [-0.15, -0.1) is 0 Å². The number of amides is 2. The van der Waals surface area contributed by atoms with Crippen molar-refractivity contribution in [1.29, 1.82) is 0 Å². The minimum absolute atomic E-state index is 0.165. The van der Waals surface area contributed by atoms with Gasteiger partial charge in [0.1, 0.15) is 17.5 Å². The fraction of sp³-hybridized carbons (Fsp3) is 0.375. The summed E-state index contributed by atoms with van der Waals surface area (Å²) in [6.07, 6.45) is 2.03. The minimum atomic E-state index is -0.703. The summed E-state index contributed by atoms with van der Waals surface area (Å²) in [5.41, 5.74) is 4.27. The molecule has 0 aliphatic carbocycles. The fourth-order valence-electron chi connectivity index (χ4n) is 2.87. The van der Waals surface area contributed by atoms with Gasteiger partial charge < -0.3 is 14.8 Å². The average molecular weight is 426 g/mol. The van der Waals surface area contributed by atoms with Gasteiger partial charge in [0.15, 0.2) is 6.61 Å². The van der Waals surface area contributed by atoms with Gasteiger partial charge in [-0.2, -0.15) is 5.10 Å². The Morgan fingerprint density at radius 2 is 1.77 bits per heavy atom. The number of aryl methyl sites for hydroxylation is 1. The zero-order valence-electron chi connectivity index (χ0n) is 18.6. The maximum absolute atomic E-state index is 12.6. The van der Waals surface area contributed by atoms with Gasteiger partial charge in [-0.3, -0.25) is 9.59 Å². The number of carbonyl (C=O) groups excluding carboxylic acids is 2. The van der Waals surface area contributed by atoms with E-state index in [1.54, 1.807) is 12.3 Å². The van der Waals surface area contributed by atoms with Crippen LogP contribution in [0.1, 0.15) is 38.3 Å². The Balaban J connectivity index is 1.90. The van der Waals surface area contributed by atoms with Crippen molar-refractivity contribution >= 4 is 18.0 Å². The molecule has 2 N–H and O–H groups in total. The van der Waals surface area contributed by atoms with E-state index in [1.165, 1.54) is 0 Å². The summed E-state index contributed by atoms with van der Waals surface area (Å²) in [6, 6.07) is 14.1. The van der Waals surface area contributed by atoms with E-state index in [4.69, 9.17) is 9.47 Å². The molecule has 0 radical (unpaired) electrons. The number of ether oxygens (including phenoxy) is 2. The Bertz CT molecular complexity index is 879. The van der Waals surface area contributed by atoms with Crippen LogP contribution in [0, 0.1) is 12.8 Å². The zero-order chi connectivity index (χ0) is 22.6. The molecular weight excluding hydrogens is 394 g/mol. The lowest BCUT2D eigenvalue weighted by molar-refractivity contribution is -0.130. The van der Waals surface area contributed by atoms with Crippen molar-refractivity contribution in [3.63, 3.8) is 0 Å². The molecule has 2 aromatic rings. The molecule has 0 aliphatic heterocycles. The Morgan fingerprint density at radius 3 is 2.42 bits per heavy atom. The number of rotatable bonds is 11. The number of para-hydroxylation sites is 1. The normalized spacial score (nSPS) is 11.9. The van der Waals surface area contributed by atoms with Gasteiger partial charge in [0.2, 0.25) is 0 Å². The highest BCUT2D eigenvalue weighted by molar-refractivity contribution is 5.89. The first-order valence-corrected chi connectivity index (χ1v) is 10.4. The highest BCUT2D eigenvalue weighted by Gasteiger charge is 2.22. The van der Waals surface area contributed by atoms with Gasteiger partial charge in [0, 0.05) is 0 Å². The van der Waals surface area contributed by atoms with Crippen LogP contribution < -0.4 is 20.2 Å². The molecule has 0 aliphatic rings. The molecule has 0 aromatic heterocycles. The van der Waals surface area contributed by atoms with E-state index in [0.717, 1.165) is 16.9 Å². The molecular formula is C24H31N3O4. The fourth-order valence-corrected chi connectivity index (χ4v) is 2.87. The molecule has 2 rings (SSSR count). The third-order valence-electron chi connectivity index (χ3n) is 4.39. The molecule has 0 fully saturated rings. The van der Waals surface area contributed by atoms with Gasteiger partial charge in [-0.25, -0.2) is 5.43 Å². The van der Waals surface area contributed by atoms with Crippen LogP contribution in [0.3, 0.4) is 0 Å². The first-order valence-electron chi connectivity index (χ1n) is 10.4. The van der Waals surface area contributed by atoms with Crippen LogP contribution >= 0.6 is 0 Å². The van der Waals surface area contributed by atoms with Crippen LogP contribution in [0.15, 0.2) is 53.6 Å². The summed E-state index contributed by atoms with van der Waals surface area (Å²) in [5.74, 6) is 0.891. The summed E-state index contributed by atoms with van der Waals surface area (Å²) in [7, 11) is 0. The minimum Gasteiger partial charge on any atom is -0.494 e. The van der Waals surface area contributed by atoms with Crippen molar-refractivity contribution in [1.82, 2.24) is 10.7 Å². The lowest BCUT2D eigenvalue weighted by Gasteiger charge is -2.19. The molecule has 0 heterocycles. The molecule has 31 heavy (non-hydrogen) atoms. The number of carbonyl (C=O) groups is 2. The monoisotopic (exact) mass is 425 g/mol. The van der Waals surface area contributed by atoms with Crippen LogP contribution in [0.25, 0.3) is 0 Å². The second-order valence-corrected chi connectivity index (χ2v) is 7.54. The number of hydrogen-bond donors (Lipinski definition) is 2. The van der Waals surface area contributed by atoms with Gasteiger partial charge in [-0.1, -0.05) is 32.0 Å².